The van der Waals surface area contributed by atoms with E-state index in [2.05, 4.69) is 27.2 Å². The molecule has 0 fully saturated rings. The zero-order valence-corrected chi connectivity index (χ0v) is 15.8. The second kappa shape index (κ2) is 6.98. The van der Waals surface area contributed by atoms with Crippen molar-refractivity contribution in [1.29, 1.82) is 0 Å². The van der Waals surface area contributed by atoms with Crippen molar-refractivity contribution in [3.63, 3.8) is 0 Å². The maximum atomic E-state index is 13.1. The lowest BCUT2D eigenvalue weighted by Crippen LogP contribution is -2.26. The van der Waals surface area contributed by atoms with E-state index < -0.39 is 0 Å². The Kier molecular flexibility index (Phi) is 4.17. The molecule has 4 aromatic rings. The Morgan fingerprint density at radius 3 is 2.59 bits per heavy atom. The summed E-state index contributed by atoms with van der Waals surface area (Å²) in [6, 6.07) is 17.2. The second-order valence-electron chi connectivity index (χ2n) is 7.06. The van der Waals surface area contributed by atoms with Gasteiger partial charge in [-0.3, -0.25) is 14.8 Å². The molecule has 0 spiro atoms. The zero-order chi connectivity index (χ0) is 19.8. The van der Waals surface area contributed by atoms with Crippen molar-refractivity contribution in [2.45, 2.75) is 19.4 Å². The smallest absolute Gasteiger partial charge is 0.310 e. The second-order valence-corrected chi connectivity index (χ2v) is 7.06. The average Bonchev–Trinajstić information content (AvgIpc) is 3.44. The van der Waals surface area contributed by atoms with Gasteiger partial charge in [0.2, 0.25) is 0 Å². The molecule has 29 heavy (non-hydrogen) atoms. The van der Waals surface area contributed by atoms with E-state index in [0.717, 1.165) is 27.9 Å². The number of hydrogen-bond acceptors (Lipinski definition) is 5. The van der Waals surface area contributed by atoms with E-state index in [4.69, 9.17) is 4.42 Å². The summed E-state index contributed by atoms with van der Waals surface area (Å²) in [4.78, 5) is 21.8. The maximum absolute atomic E-state index is 13.1. The summed E-state index contributed by atoms with van der Waals surface area (Å²) in [5.41, 5.74) is 5.63. The summed E-state index contributed by atoms with van der Waals surface area (Å²) in [5.74, 6) is 0.00541. The molecule has 142 valence electrons. The molecule has 3 heterocycles. The number of aromatic nitrogens is 2. The molecule has 2 aromatic carbocycles. The van der Waals surface area contributed by atoms with Crippen LogP contribution in [0.25, 0.3) is 11.0 Å². The van der Waals surface area contributed by atoms with Crippen LogP contribution >= 0.6 is 0 Å². The van der Waals surface area contributed by atoms with Crippen molar-refractivity contribution < 1.29 is 9.21 Å². The minimum atomic E-state index is -0.263. The van der Waals surface area contributed by atoms with Gasteiger partial charge in [-0.25, -0.2) is 5.01 Å². The molecule has 6 heteroatoms. The van der Waals surface area contributed by atoms with E-state index in [1.807, 2.05) is 37.3 Å². The highest BCUT2D eigenvalue weighted by Crippen LogP contribution is 2.35. The Morgan fingerprint density at radius 1 is 1.03 bits per heavy atom. The standard InChI is InChI=1S/C23H18N4O2/c1-15-4-6-16(7-5-15)19-14-21(27(26-19)23(28)22-3-2-12-29-22)17-8-9-18-20(13-17)25-11-10-24-18/h2-13,21H,14H2,1H3/t21-/m1/s1. The third-order valence-electron chi connectivity index (χ3n) is 5.11. The van der Waals surface area contributed by atoms with Gasteiger partial charge in [0.15, 0.2) is 5.76 Å². The fraction of sp³-hybridized carbons (Fsp3) is 0.130. The lowest BCUT2D eigenvalue weighted by molar-refractivity contribution is 0.0678. The first-order valence-electron chi connectivity index (χ1n) is 9.41. The number of nitrogens with zero attached hydrogens (tertiary/aromatic N) is 4. The first kappa shape index (κ1) is 17.3. The van der Waals surface area contributed by atoms with Crippen LogP contribution in [0, 0.1) is 6.92 Å². The highest BCUT2D eigenvalue weighted by molar-refractivity contribution is 6.04. The van der Waals surface area contributed by atoms with Gasteiger partial charge in [0, 0.05) is 18.8 Å². The summed E-state index contributed by atoms with van der Waals surface area (Å²) < 4.78 is 5.34. The molecule has 0 saturated carbocycles. The van der Waals surface area contributed by atoms with Crippen LogP contribution in [0.1, 0.15) is 39.7 Å². The Labute approximate surface area is 167 Å². The molecule has 5 rings (SSSR count). The van der Waals surface area contributed by atoms with Crippen LogP contribution in [0.4, 0.5) is 0 Å². The first-order chi connectivity index (χ1) is 14.2. The number of aryl methyl sites for hydroxylation is 1. The highest BCUT2D eigenvalue weighted by Gasteiger charge is 2.34. The number of furan rings is 1. The van der Waals surface area contributed by atoms with Crippen molar-refractivity contribution >= 4 is 22.7 Å². The molecule has 0 unspecified atom stereocenters. The number of rotatable bonds is 3. The number of hydrazone groups is 1. The van der Waals surface area contributed by atoms with Crippen LogP contribution in [0.5, 0.6) is 0 Å². The Bertz CT molecular complexity index is 1210. The largest absolute Gasteiger partial charge is 0.459 e. The third-order valence-corrected chi connectivity index (χ3v) is 5.11. The summed E-state index contributed by atoms with van der Waals surface area (Å²) in [6.45, 7) is 2.05. The normalized spacial score (nSPS) is 16.2. The van der Waals surface area contributed by atoms with Gasteiger partial charge in [-0.05, 0) is 42.3 Å². The zero-order valence-electron chi connectivity index (χ0n) is 15.8. The predicted molar refractivity (Wildman–Crippen MR) is 109 cm³/mol. The van der Waals surface area contributed by atoms with Gasteiger partial charge in [0.05, 0.1) is 29.1 Å². The Morgan fingerprint density at radius 2 is 1.83 bits per heavy atom. The molecule has 0 N–H and O–H groups in total. The minimum Gasteiger partial charge on any atom is -0.459 e. The quantitative estimate of drug-likeness (QED) is 0.522. The number of carbonyl (C=O) groups is 1. The van der Waals surface area contributed by atoms with Gasteiger partial charge in [0.25, 0.3) is 0 Å². The van der Waals surface area contributed by atoms with Crippen molar-refractivity contribution in [2.24, 2.45) is 5.10 Å². The monoisotopic (exact) mass is 382 g/mol. The number of hydrogen-bond donors (Lipinski definition) is 0. The van der Waals surface area contributed by atoms with Gasteiger partial charge < -0.3 is 4.42 Å². The molecule has 0 saturated heterocycles. The first-order valence-corrected chi connectivity index (χ1v) is 9.41. The molecular weight excluding hydrogens is 364 g/mol. The van der Waals surface area contributed by atoms with Crippen LogP contribution in [-0.2, 0) is 0 Å². The van der Waals surface area contributed by atoms with Gasteiger partial charge >= 0.3 is 5.91 Å². The van der Waals surface area contributed by atoms with Crippen molar-refractivity contribution in [3.05, 3.63) is 95.7 Å². The lowest BCUT2D eigenvalue weighted by Gasteiger charge is -2.21. The number of benzene rings is 2. The summed E-state index contributed by atoms with van der Waals surface area (Å²) in [7, 11) is 0. The molecule has 1 aliphatic heterocycles. The van der Waals surface area contributed by atoms with E-state index in [0.29, 0.717) is 6.42 Å². The van der Waals surface area contributed by atoms with Crippen molar-refractivity contribution in [1.82, 2.24) is 15.0 Å². The summed E-state index contributed by atoms with van der Waals surface area (Å²) in [5, 5.41) is 6.21. The molecule has 1 atom stereocenters. The topological polar surface area (TPSA) is 71.6 Å². The van der Waals surface area contributed by atoms with E-state index in [1.165, 1.54) is 16.8 Å². The molecular formula is C23H18N4O2. The fourth-order valence-electron chi connectivity index (χ4n) is 3.58. The summed E-state index contributed by atoms with van der Waals surface area (Å²) >= 11 is 0. The number of fused-ring (bicyclic) bond motifs is 1. The maximum Gasteiger partial charge on any atom is 0.310 e. The molecule has 1 amide bonds. The Hall–Kier alpha value is -3.80. The third kappa shape index (κ3) is 3.18. The van der Waals surface area contributed by atoms with Crippen LogP contribution < -0.4 is 0 Å². The van der Waals surface area contributed by atoms with E-state index in [-0.39, 0.29) is 17.7 Å². The van der Waals surface area contributed by atoms with E-state index in [1.54, 1.807) is 24.5 Å². The lowest BCUT2D eigenvalue weighted by atomic mass is 9.97. The van der Waals surface area contributed by atoms with Gasteiger partial charge in [-0.1, -0.05) is 35.9 Å². The highest BCUT2D eigenvalue weighted by atomic mass is 16.3. The van der Waals surface area contributed by atoms with E-state index in [9.17, 15) is 4.79 Å². The minimum absolute atomic E-state index is 0.240. The van der Waals surface area contributed by atoms with Crippen LogP contribution in [0.15, 0.2) is 82.8 Å². The molecule has 6 nitrogen and oxygen atoms in total. The molecule has 1 aliphatic rings. The SMILES string of the molecule is Cc1ccc(C2=NN(C(=O)c3ccco3)[C@@H](c3ccc4nccnc4c3)C2)cc1. The van der Waals surface area contributed by atoms with Crippen LogP contribution in [0.2, 0.25) is 0 Å². The van der Waals surface area contributed by atoms with Crippen LogP contribution in [-0.4, -0.2) is 26.6 Å². The van der Waals surface area contributed by atoms with Crippen molar-refractivity contribution in [3.8, 4) is 0 Å². The van der Waals surface area contributed by atoms with Crippen LogP contribution in [0.3, 0.4) is 0 Å². The van der Waals surface area contributed by atoms with E-state index >= 15 is 0 Å². The van der Waals surface area contributed by atoms with Crippen molar-refractivity contribution in [2.75, 3.05) is 0 Å². The Balaban J connectivity index is 1.56. The van der Waals surface area contributed by atoms with Gasteiger partial charge in [-0.15, -0.1) is 0 Å². The molecule has 0 bridgehead atoms. The van der Waals surface area contributed by atoms with Gasteiger partial charge in [-0.2, -0.15) is 5.10 Å². The molecule has 2 aromatic heterocycles. The predicted octanol–water partition coefficient (Wildman–Crippen LogP) is 4.52. The fourth-order valence-corrected chi connectivity index (χ4v) is 3.58. The number of carbonyl (C=O) groups excluding carboxylic acids is 1. The molecule has 0 radical (unpaired) electrons. The van der Waals surface area contributed by atoms with Gasteiger partial charge in [0.1, 0.15) is 0 Å². The number of amides is 1. The molecule has 0 aliphatic carbocycles. The average molecular weight is 382 g/mol. The summed E-state index contributed by atoms with van der Waals surface area (Å²) in [6.07, 6.45) is 5.44.